The largest absolute Gasteiger partial charge is 0.469 e. The third-order valence-electron chi connectivity index (χ3n) is 5.76. The van der Waals surface area contributed by atoms with Gasteiger partial charge < -0.3 is 14.8 Å². The highest BCUT2D eigenvalue weighted by Gasteiger charge is 2.43. The van der Waals surface area contributed by atoms with Crippen LogP contribution < -0.4 is 5.32 Å². The van der Waals surface area contributed by atoms with Crippen LogP contribution in [0.1, 0.15) is 50.1 Å². The van der Waals surface area contributed by atoms with E-state index in [0.29, 0.717) is 24.1 Å². The lowest BCUT2D eigenvalue weighted by Crippen LogP contribution is -2.38. The average Bonchev–Trinajstić information content (AvgIpc) is 3.43. The average molecular weight is 431 g/mol. The van der Waals surface area contributed by atoms with Crippen molar-refractivity contribution in [1.82, 2.24) is 9.78 Å². The maximum absolute atomic E-state index is 13.8. The van der Waals surface area contributed by atoms with Crippen molar-refractivity contribution in [3.8, 4) is 0 Å². The first kappa shape index (κ1) is 22.5. The quantitative estimate of drug-likeness (QED) is 0.645. The first-order valence-corrected chi connectivity index (χ1v) is 10.1. The molecule has 2 aromatic rings. The fraction of sp³-hybridized carbons (Fsp3) is 0.455. The number of nitrogens with one attached hydrogen (secondary N) is 1. The summed E-state index contributed by atoms with van der Waals surface area (Å²) in [5, 5.41) is 7.08. The molecule has 0 saturated heterocycles. The van der Waals surface area contributed by atoms with E-state index < -0.39 is 23.4 Å². The van der Waals surface area contributed by atoms with Crippen LogP contribution in [0.2, 0.25) is 0 Å². The van der Waals surface area contributed by atoms with Crippen LogP contribution in [0.5, 0.6) is 0 Å². The monoisotopic (exact) mass is 431 g/mol. The van der Waals surface area contributed by atoms with Crippen molar-refractivity contribution in [2.24, 2.45) is 0 Å². The zero-order valence-corrected chi connectivity index (χ0v) is 17.6. The lowest BCUT2D eigenvalue weighted by molar-refractivity contribution is -0.144. The molecule has 0 bridgehead atoms. The number of aromatic nitrogens is 2. The molecule has 1 aliphatic carbocycles. The second-order valence-electron chi connectivity index (χ2n) is 7.68. The highest BCUT2D eigenvalue weighted by Crippen LogP contribution is 2.42. The van der Waals surface area contributed by atoms with Gasteiger partial charge >= 0.3 is 11.9 Å². The number of rotatable bonds is 8. The van der Waals surface area contributed by atoms with Gasteiger partial charge in [-0.1, -0.05) is 25.0 Å². The van der Waals surface area contributed by atoms with E-state index in [1.165, 1.54) is 37.2 Å². The van der Waals surface area contributed by atoms with E-state index in [4.69, 9.17) is 9.47 Å². The topological polar surface area (TPSA) is 99.5 Å². The number of ether oxygens (including phenoxy) is 2. The fourth-order valence-corrected chi connectivity index (χ4v) is 4.08. The van der Waals surface area contributed by atoms with Crippen LogP contribution in [-0.2, 0) is 29.3 Å². The first-order chi connectivity index (χ1) is 14.9. The van der Waals surface area contributed by atoms with E-state index in [1.807, 2.05) is 0 Å². The van der Waals surface area contributed by atoms with Crippen molar-refractivity contribution >= 4 is 23.5 Å². The molecular formula is C22H26FN3O5. The molecule has 31 heavy (non-hydrogen) atoms. The predicted octanol–water partition coefficient (Wildman–Crippen LogP) is 3.14. The molecule has 8 nitrogen and oxygen atoms in total. The van der Waals surface area contributed by atoms with Crippen LogP contribution in [0.25, 0.3) is 0 Å². The Bertz CT molecular complexity index is 934. The summed E-state index contributed by atoms with van der Waals surface area (Å²) in [5.74, 6) is -1.59. The Kier molecular flexibility index (Phi) is 7.04. The molecule has 0 spiro atoms. The second kappa shape index (κ2) is 9.72. The van der Waals surface area contributed by atoms with Crippen LogP contribution in [0.3, 0.4) is 0 Å². The SMILES string of the molecule is COC(=O)CC(CC(=O)OC)n1cc(NC(=O)C2(c3cccc(F)c3)CCCC2)cn1. The molecule has 0 aliphatic heterocycles. The molecule has 1 heterocycles. The van der Waals surface area contributed by atoms with E-state index >= 15 is 0 Å². The van der Waals surface area contributed by atoms with Gasteiger partial charge in [0.1, 0.15) is 5.82 Å². The molecular weight excluding hydrogens is 405 g/mol. The summed E-state index contributed by atoms with van der Waals surface area (Å²) >= 11 is 0. The highest BCUT2D eigenvalue weighted by atomic mass is 19.1. The number of hydrogen-bond donors (Lipinski definition) is 1. The van der Waals surface area contributed by atoms with E-state index in [0.717, 1.165) is 12.8 Å². The molecule has 1 aromatic carbocycles. The number of carbonyl (C=O) groups is 3. The van der Waals surface area contributed by atoms with Crippen LogP contribution in [0.4, 0.5) is 10.1 Å². The second-order valence-corrected chi connectivity index (χ2v) is 7.68. The number of nitrogens with zero attached hydrogens (tertiary/aromatic N) is 2. The van der Waals surface area contributed by atoms with Crippen molar-refractivity contribution < 1.29 is 28.2 Å². The molecule has 1 aliphatic rings. The molecule has 0 unspecified atom stereocenters. The summed E-state index contributed by atoms with van der Waals surface area (Å²) in [6, 6.07) is 5.54. The first-order valence-electron chi connectivity index (χ1n) is 10.1. The number of amides is 1. The number of benzene rings is 1. The molecule has 0 radical (unpaired) electrons. The Labute approximate surface area is 179 Å². The van der Waals surface area contributed by atoms with Crippen molar-refractivity contribution in [2.75, 3.05) is 19.5 Å². The summed E-state index contributed by atoms with van der Waals surface area (Å²) in [6.07, 6.45) is 5.87. The predicted molar refractivity (Wildman–Crippen MR) is 110 cm³/mol. The smallest absolute Gasteiger partial charge is 0.307 e. The fourth-order valence-electron chi connectivity index (χ4n) is 4.08. The van der Waals surface area contributed by atoms with E-state index in [9.17, 15) is 18.8 Å². The molecule has 1 fully saturated rings. The van der Waals surface area contributed by atoms with Gasteiger partial charge in [-0.15, -0.1) is 0 Å². The van der Waals surface area contributed by atoms with Gasteiger partial charge in [-0.3, -0.25) is 19.1 Å². The zero-order valence-electron chi connectivity index (χ0n) is 17.6. The van der Waals surface area contributed by atoms with E-state index in [2.05, 4.69) is 10.4 Å². The van der Waals surface area contributed by atoms with Gasteiger partial charge in [0, 0.05) is 6.20 Å². The van der Waals surface area contributed by atoms with Gasteiger partial charge in [-0.25, -0.2) is 4.39 Å². The Balaban J connectivity index is 1.80. The minimum atomic E-state index is -0.804. The summed E-state index contributed by atoms with van der Waals surface area (Å²) in [6.45, 7) is 0. The Morgan fingerprint density at radius 1 is 1.16 bits per heavy atom. The molecule has 1 N–H and O–H groups in total. The molecule has 1 amide bonds. The van der Waals surface area contributed by atoms with Crippen molar-refractivity contribution in [1.29, 1.82) is 0 Å². The van der Waals surface area contributed by atoms with Crippen molar-refractivity contribution in [3.05, 3.63) is 48.0 Å². The highest BCUT2D eigenvalue weighted by molar-refractivity contribution is 5.99. The summed E-state index contributed by atoms with van der Waals surface area (Å²) in [4.78, 5) is 36.7. The third-order valence-corrected chi connectivity index (χ3v) is 5.76. The van der Waals surface area contributed by atoms with Crippen molar-refractivity contribution in [3.63, 3.8) is 0 Å². The van der Waals surface area contributed by atoms with Crippen molar-refractivity contribution in [2.45, 2.75) is 50.0 Å². The lowest BCUT2D eigenvalue weighted by atomic mass is 9.78. The Hall–Kier alpha value is -3.23. The van der Waals surface area contributed by atoms with Gasteiger partial charge in [-0.05, 0) is 30.5 Å². The van der Waals surface area contributed by atoms with E-state index in [1.54, 1.807) is 18.3 Å². The van der Waals surface area contributed by atoms with Gasteiger partial charge in [0.25, 0.3) is 0 Å². The molecule has 1 aromatic heterocycles. The van der Waals surface area contributed by atoms with Gasteiger partial charge in [0.15, 0.2) is 0 Å². The maximum Gasteiger partial charge on any atom is 0.307 e. The zero-order chi connectivity index (χ0) is 22.4. The number of carbonyl (C=O) groups excluding carboxylic acids is 3. The van der Waals surface area contributed by atoms with Gasteiger partial charge in [-0.2, -0.15) is 5.10 Å². The standard InChI is InChI=1S/C22H26FN3O5/c1-30-19(27)11-18(12-20(28)31-2)26-14-17(13-24-26)25-21(29)22(8-3-4-9-22)15-6-5-7-16(23)10-15/h5-7,10,13-14,18H,3-4,8-9,11-12H2,1-2H3,(H,25,29). The van der Waals surface area contributed by atoms with Crippen LogP contribution in [0, 0.1) is 5.82 Å². The van der Waals surface area contributed by atoms with Gasteiger partial charge in [0.2, 0.25) is 5.91 Å². The number of anilines is 1. The summed E-state index contributed by atoms with van der Waals surface area (Å²) in [7, 11) is 2.53. The van der Waals surface area contributed by atoms with Crippen LogP contribution in [0.15, 0.2) is 36.7 Å². The molecule has 9 heteroatoms. The Morgan fingerprint density at radius 2 is 1.81 bits per heavy atom. The molecule has 166 valence electrons. The third kappa shape index (κ3) is 5.10. The van der Waals surface area contributed by atoms with Crippen LogP contribution in [-0.4, -0.2) is 41.8 Å². The number of methoxy groups -OCH3 is 2. The minimum absolute atomic E-state index is 0.0755. The minimum Gasteiger partial charge on any atom is -0.469 e. The molecule has 0 atom stereocenters. The maximum atomic E-state index is 13.8. The number of hydrogen-bond acceptors (Lipinski definition) is 6. The molecule has 1 saturated carbocycles. The number of esters is 2. The number of halogens is 1. The summed E-state index contributed by atoms with van der Waals surface area (Å²) in [5.41, 5.74) is 0.276. The normalized spacial score (nSPS) is 15.0. The Morgan fingerprint density at radius 3 is 2.39 bits per heavy atom. The lowest BCUT2D eigenvalue weighted by Gasteiger charge is -2.28. The van der Waals surface area contributed by atoms with Crippen LogP contribution >= 0.6 is 0 Å². The van der Waals surface area contributed by atoms with Gasteiger partial charge in [0.05, 0.1) is 50.4 Å². The summed E-state index contributed by atoms with van der Waals surface area (Å²) < 4.78 is 24.6. The van der Waals surface area contributed by atoms with E-state index in [-0.39, 0.29) is 24.6 Å². The molecule has 3 rings (SSSR count).